The highest BCUT2D eigenvalue weighted by molar-refractivity contribution is 14.1. The van der Waals surface area contributed by atoms with Gasteiger partial charge in [-0.15, -0.1) is 0 Å². The summed E-state index contributed by atoms with van der Waals surface area (Å²) in [5, 5.41) is 5.30. The van der Waals surface area contributed by atoms with E-state index in [-0.39, 0.29) is 0 Å². The van der Waals surface area contributed by atoms with Gasteiger partial charge in [-0.2, -0.15) is 9.61 Å². The molecule has 8 heteroatoms. The van der Waals surface area contributed by atoms with E-state index in [9.17, 15) is 0 Å². The van der Waals surface area contributed by atoms with Gasteiger partial charge in [-0.05, 0) is 28.7 Å². The van der Waals surface area contributed by atoms with Gasteiger partial charge in [-0.25, -0.2) is 9.97 Å². The minimum atomic E-state index is 0.426. The van der Waals surface area contributed by atoms with E-state index in [0.29, 0.717) is 11.6 Å². The molecule has 0 bridgehead atoms. The molecule has 0 aliphatic carbocycles. The zero-order valence-corrected chi connectivity index (χ0v) is 12.3. The summed E-state index contributed by atoms with van der Waals surface area (Å²) in [5.41, 5.74) is 7.19. The molecular weight excluding hydrogens is 365 g/mol. The van der Waals surface area contributed by atoms with Crippen molar-refractivity contribution in [1.82, 2.24) is 19.6 Å². The molecule has 0 aliphatic rings. The van der Waals surface area contributed by atoms with Gasteiger partial charge < -0.3 is 10.5 Å². The Balaban J connectivity index is 2.10. The smallest absolute Gasteiger partial charge is 0.236 e. The Labute approximate surface area is 120 Å². The molecule has 0 amide bonds. The van der Waals surface area contributed by atoms with Crippen LogP contribution in [0.25, 0.3) is 15.5 Å². The maximum Gasteiger partial charge on any atom is 0.236 e. The monoisotopic (exact) mass is 373 g/mol. The Kier molecular flexibility index (Phi) is 2.82. The van der Waals surface area contributed by atoms with Crippen LogP contribution in [-0.2, 0) is 0 Å². The lowest BCUT2D eigenvalue weighted by Gasteiger charge is -2.03. The highest BCUT2D eigenvalue weighted by Crippen LogP contribution is 2.29. The third-order valence-corrected chi connectivity index (χ3v) is 4.07. The predicted molar refractivity (Wildman–Crippen MR) is 77.8 cm³/mol. The maximum atomic E-state index is 5.83. The SMILES string of the molecule is COc1ncc(-c2nn3c(I)cnc3s2)cc1N. The molecule has 0 spiro atoms. The van der Waals surface area contributed by atoms with Gasteiger partial charge >= 0.3 is 0 Å². The van der Waals surface area contributed by atoms with E-state index in [0.717, 1.165) is 19.2 Å². The highest BCUT2D eigenvalue weighted by atomic mass is 127. The zero-order valence-electron chi connectivity index (χ0n) is 9.29. The van der Waals surface area contributed by atoms with Crippen LogP contribution in [0.2, 0.25) is 0 Å². The van der Waals surface area contributed by atoms with Crippen LogP contribution in [0.5, 0.6) is 5.88 Å². The van der Waals surface area contributed by atoms with Crippen molar-refractivity contribution in [3.8, 4) is 16.5 Å². The second-order valence-corrected chi connectivity index (χ2v) is 5.57. The van der Waals surface area contributed by atoms with Crippen molar-refractivity contribution < 1.29 is 4.74 Å². The van der Waals surface area contributed by atoms with Crippen molar-refractivity contribution in [2.75, 3.05) is 12.8 Å². The lowest BCUT2D eigenvalue weighted by atomic mass is 10.3. The topological polar surface area (TPSA) is 78.3 Å². The van der Waals surface area contributed by atoms with E-state index >= 15 is 0 Å². The van der Waals surface area contributed by atoms with E-state index in [1.54, 1.807) is 23.0 Å². The van der Waals surface area contributed by atoms with E-state index in [1.807, 2.05) is 0 Å². The van der Waals surface area contributed by atoms with Crippen molar-refractivity contribution in [2.45, 2.75) is 0 Å². The first-order valence-corrected chi connectivity index (χ1v) is 6.88. The van der Waals surface area contributed by atoms with Crippen LogP contribution in [0, 0.1) is 3.70 Å². The Bertz CT molecular complexity index is 722. The van der Waals surface area contributed by atoms with Gasteiger partial charge in [-0.1, -0.05) is 11.3 Å². The number of hydrogen-bond donors (Lipinski definition) is 1. The number of imidazole rings is 1. The zero-order chi connectivity index (χ0) is 12.7. The lowest BCUT2D eigenvalue weighted by molar-refractivity contribution is 0.400. The van der Waals surface area contributed by atoms with E-state index in [4.69, 9.17) is 10.5 Å². The largest absolute Gasteiger partial charge is 0.480 e. The summed E-state index contributed by atoms with van der Waals surface area (Å²) in [6, 6.07) is 1.80. The number of halogens is 1. The van der Waals surface area contributed by atoms with Gasteiger partial charge in [0.25, 0.3) is 0 Å². The fourth-order valence-corrected chi connectivity index (χ4v) is 3.04. The number of pyridine rings is 1. The number of ether oxygens (including phenoxy) is 1. The second kappa shape index (κ2) is 4.35. The first kappa shape index (κ1) is 11.7. The van der Waals surface area contributed by atoms with E-state index in [1.165, 1.54) is 18.4 Å². The van der Waals surface area contributed by atoms with Gasteiger partial charge in [0.15, 0.2) is 0 Å². The fourth-order valence-electron chi connectivity index (χ4n) is 1.54. The van der Waals surface area contributed by atoms with E-state index in [2.05, 4.69) is 37.7 Å². The molecule has 0 saturated carbocycles. The minimum absolute atomic E-state index is 0.426. The summed E-state index contributed by atoms with van der Waals surface area (Å²) in [5.74, 6) is 0.426. The van der Waals surface area contributed by atoms with Crippen molar-refractivity contribution in [3.05, 3.63) is 22.2 Å². The molecule has 3 aromatic rings. The average molecular weight is 373 g/mol. The van der Waals surface area contributed by atoms with E-state index < -0.39 is 0 Å². The van der Waals surface area contributed by atoms with Crippen LogP contribution in [0.15, 0.2) is 18.5 Å². The van der Waals surface area contributed by atoms with Gasteiger partial charge in [0, 0.05) is 11.8 Å². The Morgan fingerprint density at radius 1 is 1.39 bits per heavy atom. The average Bonchev–Trinajstić information content (AvgIpc) is 2.92. The normalized spacial score (nSPS) is 11.0. The lowest BCUT2D eigenvalue weighted by Crippen LogP contribution is -1.96. The summed E-state index contributed by atoms with van der Waals surface area (Å²) in [6.07, 6.45) is 3.48. The number of nitrogens with zero attached hydrogens (tertiary/aromatic N) is 4. The Morgan fingerprint density at radius 3 is 2.89 bits per heavy atom. The van der Waals surface area contributed by atoms with Gasteiger partial charge in [0.05, 0.1) is 19.0 Å². The number of aromatic nitrogens is 4. The molecule has 0 aromatic carbocycles. The number of fused-ring (bicyclic) bond motifs is 1. The van der Waals surface area contributed by atoms with Crippen molar-refractivity contribution in [3.63, 3.8) is 0 Å². The molecule has 0 atom stereocenters. The minimum Gasteiger partial charge on any atom is -0.480 e. The summed E-state index contributed by atoms with van der Waals surface area (Å²) in [7, 11) is 1.54. The van der Waals surface area contributed by atoms with Crippen LogP contribution >= 0.6 is 33.9 Å². The summed E-state index contributed by atoms with van der Waals surface area (Å²) < 4.78 is 7.79. The molecule has 3 aromatic heterocycles. The van der Waals surface area contributed by atoms with Crippen LogP contribution in [0.1, 0.15) is 0 Å². The second-order valence-electron chi connectivity index (χ2n) is 3.51. The molecule has 3 heterocycles. The third kappa shape index (κ3) is 1.81. The van der Waals surface area contributed by atoms with Crippen molar-refractivity contribution >= 4 is 44.6 Å². The molecule has 0 unspecified atom stereocenters. The van der Waals surface area contributed by atoms with Gasteiger partial charge in [0.1, 0.15) is 8.71 Å². The molecule has 92 valence electrons. The number of rotatable bonds is 2. The molecule has 0 aliphatic heterocycles. The van der Waals surface area contributed by atoms with Crippen LogP contribution in [0.4, 0.5) is 5.69 Å². The van der Waals surface area contributed by atoms with Gasteiger partial charge in [0.2, 0.25) is 10.8 Å². The molecular formula is C10H8IN5OS. The quantitative estimate of drug-likeness (QED) is 0.696. The summed E-state index contributed by atoms with van der Waals surface area (Å²) >= 11 is 3.68. The first-order chi connectivity index (χ1) is 8.69. The first-order valence-electron chi connectivity index (χ1n) is 4.99. The molecule has 6 nitrogen and oxygen atoms in total. The molecule has 0 radical (unpaired) electrons. The molecule has 0 saturated heterocycles. The number of hydrogen-bond acceptors (Lipinski definition) is 6. The van der Waals surface area contributed by atoms with Crippen molar-refractivity contribution in [1.29, 1.82) is 0 Å². The Morgan fingerprint density at radius 2 is 2.22 bits per heavy atom. The number of anilines is 1. The third-order valence-electron chi connectivity index (χ3n) is 2.36. The highest BCUT2D eigenvalue weighted by Gasteiger charge is 2.11. The molecule has 2 N–H and O–H groups in total. The molecule has 3 rings (SSSR count). The van der Waals surface area contributed by atoms with Crippen LogP contribution in [0.3, 0.4) is 0 Å². The standard InChI is InChI=1S/C10H8IN5OS/c1-17-8-6(12)2-5(3-13-8)9-15-16-7(11)4-14-10(16)18-9/h2-4H,12H2,1H3. The van der Waals surface area contributed by atoms with Crippen LogP contribution < -0.4 is 10.5 Å². The predicted octanol–water partition coefficient (Wildman–Crippen LogP) is 2.05. The number of methoxy groups -OCH3 is 1. The Hall–Kier alpha value is -1.42. The summed E-state index contributed by atoms with van der Waals surface area (Å²) in [6.45, 7) is 0. The molecule has 18 heavy (non-hydrogen) atoms. The van der Waals surface area contributed by atoms with Crippen LogP contribution in [-0.4, -0.2) is 26.7 Å². The summed E-state index contributed by atoms with van der Waals surface area (Å²) in [4.78, 5) is 9.24. The fraction of sp³-hybridized carbons (Fsp3) is 0.100. The maximum absolute atomic E-state index is 5.83. The number of nitrogens with two attached hydrogens (primary N) is 1. The van der Waals surface area contributed by atoms with Gasteiger partial charge in [-0.3, -0.25) is 0 Å². The van der Waals surface area contributed by atoms with Crippen molar-refractivity contribution in [2.24, 2.45) is 0 Å². The molecule has 0 fully saturated rings. The number of nitrogen functional groups attached to an aromatic ring is 1.